The summed E-state index contributed by atoms with van der Waals surface area (Å²) in [6.07, 6.45) is 0. The Labute approximate surface area is 138 Å². The first-order valence-corrected chi connectivity index (χ1v) is 7.45. The van der Waals surface area contributed by atoms with Gasteiger partial charge in [-0.2, -0.15) is 0 Å². The van der Waals surface area contributed by atoms with Crippen LogP contribution in [0.2, 0.25) is 0 Å². The van der Waals surface area contributed by atoms with E-state index in [0.29, 0.717) is 21.3 Å². The van der Waals surface area contributed by atoms with Crippen LogP contribution in [0.1, 0.15) is 15.9 Å². The van der Waals surface area contributed by atoms with E-state index in [1.165, 1.54) is 0 Å². The molecule has 0 atom stereocenters. The number of amidine groups is 1. The summed E-state index contributed by atoms with van der Waals surface area (Å²) in [7, 11) is 0. The molecule has 0 aliphatic heterocycles. The Morgan fingerprint density at radius 1 is 1.14 bits per heavy atom. The molecule has 108 valence electrons. The quantitative estimate of drug-likeness (QED) is 0.311. The Kier molecular flexibility index (Phi) is 4.98. The molecule has 7 heteroatoms. The lowest BCUT2D eigenvalue weighted by molar-refractivity contribution is 0.102. The summed E-state index contributed by atoms with van der Waals surface area (Å²) in [5, 5.41) is 14.5. The highest BCUT2D eigenvalue weighted by Gasteiger charge is 2.14. The number of anilines is 1. The van der Waals surface area contributed by atoms with Gasteiger partial charge in [0, 0.05) is 14.5 Å². The summed E-state index contributed by atoms with van der Waals surface area (Å²) in [5.41, 5.74) is 6.97. The molecule has 0 saturated heterocycles. The van der Waals surface area contributed by atoms with Crippen molar-refractivity contribution >= 4 is 49.3 Å². The van der Waals surface area contributed by atoms with Crippen LogP contribution in [0.25, 0.3) is 0 Å². The van der Waals surface area contributed by atoms with E-state index in [-0.39, 0.29) is 11.7 Å². The summed E-state index contributed by atoms with van der Waals surface area (Å²) >= 11 is 6.66. The molecule has 21 heavy (non-hydrogen) atoms. The van der Waals surface area contributed by atoms with Gasteiger partial charge in [-0.25, -0.2) is 0 Å². The molecule has 0 heterocycles. The summed E-state index contributed by atoms with van der Waals surface area (Å²) in [6.45, 7) is 0. The van der Waals surface area contributed by atoms with Crippen molar-refractivity contribution in [3.63, 3.8) is 0 Å². The second-order valence-corrected chi connectivity index (χ2v) is 5.88. The van der Waals surface area contributed by atoms with E-state index in [1.54, 1.807) is 36.4 Å². The van der Waals surface area contributed by atoms with Gasteiger partial charge in [-0.1, -0.05) is 33.2 Å². The minimum absolute atomic E-state index is 0.0702. The normalized spacial score (nSPS) is 11.2. The van der Waals surface area contributed by atoms with Crippen molar-refractivity contribution in [1.29, 1.82) is 0 Å². The zero-order valence-corrected chi connectivity index (χ0v) is 13.8. The number of rotatable bonds is 3. The lowest BCUT2D eigenvalue weighted by Crippen LogP contribution is -2.19. The van der Waals surface area contributed by atoms with Crippen LogP contribution in [0.5, 0.6) is 0 Å². The Balaban J connectivity index is 2.34. The molecule has 0 saturated carbocycles. The topological polar surface area (TPSA) is 87.7 Å². The molecule has 2 rings (SSSR count). The molecule has 2 aromatic carbocycles. The van der Waals surface area contributed by atoms with Crippen LogP contribution in [0.3, 0.4) is 0 Å². The maximum Gasteiger partial charge on any atom is 0.256 e. The van der Waals surface area contributed by atoms with Crippen molar-refractivity contribution in [3.8, 4) is 0 Å². The third kappa shape index (κ3) is 3.62. The van der Waals surface area contributed by atoms with Crippen LogP contribution < -0.4 is 11.1 Å². The molecule has 0 fully saturated rings. The molecule has 0 radical (unpaired) electrons. The number of nitrogens with one attached hydrogen (secondary N) is 1. The van der Waals surface area contributed by atoms with E-state index in [2.05, 4.69) is 42.3 Å². The van der Waals surface area contributed by atoms with Gasteiger partial charge in [-0.05, 0) is 46.3 Å². The zero-order valence-electron chi connectivity index (χ0n) is 10.7. The van der Waals surface area contributed by atoms with E-state index >= 15 is 0 Å². The zero-order chi connectivity index (χ0) is 15.4. The fourth-order valence-electron chi connectivity index (χ4n) is 1.73. The first-order chi connectivity index (χ1) is 10.0. The smallest absolute Gasteiger partial charge is 0.256 e. The average molecular weight is 413 g/mol. The van der Waals surface area contributed by atoms with Gasteiger partial charge in [0.05, 0.1) is 11.3 Å². The van der Waals surface area contributed by atoms with Crippen molar-refractivity contribution in [1.82, 2.24) is 0 Å². The molecule has 1 amide bonds. The third-order valence-corrected chi connectivity index (χ3v) is 3.92. The van der Waals surface area contributed by atoms with Gasteiger partial charge in [-0.3, -0.25) is 4.79 Å². The molecular formula is C14H11Br2N3O2. The standard InChI is InChI=1S/C14H11Br2N3O2/c15-8-5-6-11(16)10(7-8)14(20)18-12-4-2-1-3-9(12)13(17)19-21/h1-7,21H,(H2,17,19)(H,18,20). The highest BCUT2D eigenvalue weighted by molar-refractivity contribution is 9.11. The number of nitrogens with two attached hydrogens (primary N) is 1. The minimum Gasteiger partial charge on any atom is -0.409 e. The first-order valence-electron chi connectivity index (χ1n) is 5.86. The molecule has 0 spiro atoms. The van der Waals surface area contributed by atoms with Crippen molar-refractivity contribution < 1.29 is 10.0 Å². The number of amides is 1. The van der Waals surface area contributed by atoms with Crippen molar-refractivity contribution in [2.24, 2.45) is 10.9 Å². The predicted octanol–water partition coefficient (Wildman–Crippen LogP) is 3.56. The number of nitrogens with zero attached hydrogens (tertiary/aromatic N) is 1. The highest BCUT2D eigenvalue weighted by Crippen LogP contribution is 2.23. The van der Waals surface area contributed by atoms with Crippen LogP contribution in [0.15, 0.2) is 56.6 Å². The maximum absolute atomic E-state index is 12.3. The molecule has 0 unspecified atom stereocenters. The predicted molar refractivity (Wildman–Crippen MR) is 88.7 cm³/mol. The third-order valence-electron chi connectivity index (χ3n) is 2.73. The van der Waals surface area contributed by atoms with Crippen LogP contribution in [-0.2, 0) is 0 Å². The number of halogens is 2. The van der Waals surface area contributed by atoms with Crippen molar-refractivity contribution in [3.05, 3.63) is 62.5 Å². The minimum atomic E-state index is -0.304. The molecule has 0 aliphatic carbocycles. The molecule has 0 aliphatic rings. The van der Waals surface area contributed by atoms with Gasteiger partial charge in [0.15, 0.2) is 5.84 Å². The lowest BCUT2D eigenvalue weighted by atomic mass is 10.1. The fraction of sp³-hybridized carbons (Fsp3) is 0. The van der Waals surface area contributed by atoms with Gasteiger partial charge in [0.1, 0.15) is 0 Å². The number of benzene rings is 2. The second-order valence-electron chi connectivity index (χ2n) is 4.11. The summed E-state index contributed by atoms with van der Waals surface area (Å²) in [6, 6.07) is 12.1. The number of carbonyl (C=O) groups is 1. The van der Waals surface area contributed by atoms with E-state index in [1.807, 2.05) is 6.07 Å². The Morgan fingerprint density at radius 2 is 1.86 bits per heavy atom. The number of hydrogen-bond donors (Lipinski definition) is 3. The Hall–Kier alpha value is -1.86. The Bertz CT molecular complexity index is 717. The van der Waals surface area contributed by atoms with E-state index < -0.39 is 0 Å². The van der Waals surface area contributed by atoms with Gasteiger partial charge < -0.3 is 16.3 Å². The summed E-state index contributed by atoms with van der Waals surface area (Å²) in [5.74, 6) is -0.374. The van der Waals surface area contributed by atoms with Gasteiger partial charge in [0.2, 0.25) is 0 Å². The van der Waals surface area contributed by atoms with E-state index in [4.69, 9.17) is 10.9 Å². The van der Waals surface area contributed by atoms with Crippen molar-refractivity contribution in [2.75, 3.05) is 5.32 Å². The molecular weight excluding hydrogens is 402 g/mol. The molecule has 0 bridgehead atoms. The number of oxime groups is 1. The van der Waals surface area contributed by atoms with Crippen LogP contribution in [0, 0.1) is 0 Å². The monoisotopic (exact) mass is 411 g/mol. The Morgan fingerprint density at radius 3 is 2.57 bits per heavy atom. The van der Waals surface area contributed by atoms with Gasteiger partial charge in [-0.15, -0.1) is 0 Å². The average Bonchev–Trinajstić information content (AvgIpc) is 2.49. The largest absolute Gasteiger partial charge is 0.409 e. The molecule has 2 aromatic rings. The summed E-state index contributed by atoms with van der Waals surface area (Å²) < 4.78 is 1.46. The SMILES string of the molecule is N/C(=N/O)c1ccccc1NC(=O)c1cc(Br)ccc1Br. The van der Waals surface area contributed by atoms with Crippen LogP contribution >= 0.6 is 31.9 Å². The van der Waals surface area contributed by atoms with Crippen LogP contribution in [-0.4, -0.2) is 17.0 Å². The number of hydrogen-bond acceptors (Lipinski definition) is 3. The molecule has 0 aromatic heterocycles. The van der Waals surface area contributed by atoms with Gasteiger partial charge in [0.25, 0.3) is 5.91 Å². The van der Waals surface area contributed by atoms with Crippen molar-refractivity contribution in [2.45, 2.75) is 0 Å². The van der Waals surface area contributed by atoms with Gasteiger partial charge >= 0.3 is 0 Å². The fourth-order valence-corrected chi connectivity index (χ4v) is 2.52. The van der Waals surface area contributed by atoms with E-state index in [9.17, 15) is 4.79 Å². The van der Waals surface area contributed by atoms with E-state index in [0.717, 1.165) is 4.47 Å². The molecule has 5 nitrogen and oxygen atoms in total. The summed E-state index contributed by atoms with van der Waals surface area (Å²) in [4.78, 5) is 12.3. The molecule has 4 N–H and O–H groups in total. The maximum atomic E-state index is 12.3. The first kappa shape index (κ1) is 15.5. The van der Waals surface area contributed by atoms with Crippen LogP contribution in [0.4, 0.5) is 5.69 Å². The lowest BCUT2D eigenvalue weighted by Gasteiger charge is -2.11. The number of carbonyl (C=O) groups excluding carboxylic acids is 1. The second kappa shape index (κ2) is 6.73. The number of para-hydroxylation sites is 1. The highest BCUT2D eigenvalue weighted by atomic mass is 79.9.